The summed E-state index contributed by atoms with van der Waals surface area (Å²) in [7, 11) is 1.39. The molecule has 22 heavy (non-hydrogen) atoms. The normalized spacial score (nSPS) is 20.5. The van der Waals surface area contributed by atoms with E-state index >= 15 is 0 Å². The Morgan fingerprint density at radius 3 is 2.45 bits per heavy atom. The van der Waals surface area contributed by atoms with Gasteiger partial charge in [-0.05, 0) is 46.3 Å². The van der Waals surface area contributed by atoms with Gasteiger partial charge in [0.05, 0.1) is 17.4 Å². The van der Waals surface area contributed by atoms with Crippen LogP contribution in [0.25, 0.3) is 6.08 Å². The lowest BCUT2D eigenvalue weighted by molar-refractivity contribution is 0.00578. The molecule has 0 saturated carbocycles. The fourth-order valence-corrected chi connectivity index (χ4v) is 2.22. The lowest BCUT2D eigenvalue weighted by Gasteiger charge is -2.32. The predicted molar refractivity (Wildman–Crippen MR) is 89.4 cm³/mol. The van der Waals surface area contributed by atoms with E-state index in [9.17, 15) is 0 Å². The zero-order chi connectivity index (χ0) is 16.5. The summed E-state index contributed by atoms with van der Waals surface area (Å²) in [5.41, 5.74) is 6.50. The monoisotopic (exact) mass is 324 g/mol. The van der Waals surface area contributed by atoms with Crippen LogP contribution in [0.2, 0.25) is 5.15 Å². The Morgan fingerprint density at radius 1 is 1.36 bits per heavy atom. The van der Waals surface area contributed by atoms with Crippen LogP contribution in [0.3, 0.4) is 0 Å². The van der Waals surface area contributed by atoms with Crippen molar-refractivity contribution < 1.29 is 9.31 Å². The second-order valence-electron chi connectivity index (χ2n) is 6.30. The highest BCUT2D eigenvalue weighted by molar-refractivity contribution is 6.56. The number of aromatic nitrogens is 2. The fraction of sp³-hybridized carbons (Fsp3) is 0.571. The van der Waals surface area contributed by atoms with E-state index in [2.05, 4.69) is 15.3 Å². The van der Waals surface area contributed by atoms with E-state index in [1.165, 1.54) is 6.20 Å². The van der Waals surface area contributed by atoms with Gasteiger partial charge in [0.15, 0.2) is 5.82 Å². The summed E-state index contributed by atoms with van der Waals surface area (Å²) in [6, 6.07) is 0. The van der Waals surface area contributed by atoms with Crippen LogP contribution in [0.5, 0.6) is 0 Å². The Hall–Kier alpha value is -1.15. The molecule has 1 fully saturated rings. The zero-order valence-electron chi connectivity index (χ0n) is 13.6. The summed E-state index contributed by atoms with van der Waals surface area (Å²) in [5.74, 6) is 0.276. The van der Waals surface area contributed by atoms with Crippen molar-refractivity contribution in [2.24, 2.45) is 0 Å². The average Bonchev–Trinajstić information content (AvgIpc) is 2.61. The van der Waals surface area contributed by atoms with Gasteiger partial charge >= 0.3 is 7.12 Å². The summed E-state index contributed by atoms with van der Waals surface area (Å²) >= 11 is 5.78. The van der Waals surface area contributed by atoms with Gasteiger partial charge in [-0.2, -0.15) is 0 Å². The summed E-state index contributed by atoms with van der Waals surface area (Å²) in [5, 5.41) is 3.37. The molecule has 0 amide bonds. The number of hydrogen-bond donors (Lipinski definition) is 2. The van der Waals surface area contributed by atoms with Gasteiger partial charge in [-0.3, -0.25) is 0 Å². The molecule has 1 aliphatic rings. The maximum Gasteiger partial charge on any atom is 0.491 e. The van der Waals surface area contributed by atoms with Gasteiger partial charge in [-0.25, -0.2) is 9.97 Å². The number of nitrogens with one attached hydrogen (secondary N) is 1. The highest BCUT2D eigenvalue weighted by atomic mass is 35.5. The van der Waals surface area contributed by atoms with Crippen molar-refractivity contribution in [1.82, 2.24) is 15.3 Å². The summed E-state index contributed by atoms with van der Waals surface area (Å²) < 4.78 is 12.1. The SMILES string of the molecule is CNCC(=Cc1ncc(Cl)nc1N)B1OC(C)(C)C(C)(C)O1. The highest BCUT2D eigenvalue weighted by Crippen LogP contribution is 2.38. The Labute approximate surface area is 136 Å². The fourth-order valence-electron chi connectivity index (χ4n) is 2.08. The van der Waals surface area contributed by atoms with Crippen molar-refractivity contribution in [3.63, 3.8) is 0 Å². The maximum atomic E-state index is 6.07. The molecule has 1 saturated heterocycles. The van der Waals surface area contributed by atoms with Crippen molar-refractivity contribution >= 4 is 30.6 Å². The molecule has 0 spiro atoms. The standard InChI is InChI=1S/C14H22BClN4O2/c1-13(2)14(3,4)22-15(21-13)9(7-18-5)6-10-12(17)20-11(16)8-19-10/h6,8,18H,7H2,1-5H3,(H2,17,20). The molecular weight excluding hydrogens is 302 g/mol. The molecule has 120 valence electrons. The quantitative estimate of drug-likeness (QED) is 0.824. The third kappa shape index (κ3) is 3.43. The minimum absolute atomic E-state index is 0.264. The lowest BCUT2D eigenvalue weighted by atomic mass is 9.77. The van der Waals surface area contributed by atoms with E-state index in [4.69, 9.17) is 26.6 Å². The zero-order valence-corrected chi connectivity index (χ0v) is 14.4. The third-order valence-corrected chi connectivity index (χ3v) is 4.24. The molecule has 1 aromatic rings. The minimum atomic E-state index is -0.464. The van der Waals surface area contributed by atoms with Crippen molar-refractivity contribution in [2.75, 3.05) is 19.3 Å². The van der Waals surface area contributed by atoms with Crippen molar-refractivity contribution in [3.8, 4) is 0 Å². The Morgan fingerprint density at radius 2 is 1.95 bits per heavy atom. The Balaban J connectivity index is 2.33. The molecule has 8 heteroatoms. The van der Waals surface area contributed by atoms with E-state index in [-0.39, 0.29) is 11.0 Å². The van der Waals surface area contributed by atoms with E-state index in [1.54, 1.807) is 0 Å². The first kappa shape index (κ1) is 17.2. The predicted octanol–water partition coefficient (Wildman–Crippen LogP) is 1.95. The second-order valence-corrected chi connectivity index (χ2v) is 6.69. The molecule has 2 heterocycles. The molecule has 0 aliphatic carbocycles. The first-order valence-corrected chi connectivity index (χ1v) is 7.53. The van der Waals surface area contributed by atoms with E-state index in [0.717, 1.165) is 5.47 Å². The van der Waals surface area contributed by atoms with Crippen LogP contribution in [0.4, 0.5) is 5.82 Å². The van der Waals surface area contributed by atoms with E-state index in [1.807, 2.05) is 40.8 Å². The van der Waals surface area contributed by atoms with Crippen LogP contribution in [-0.4, -0.2) is 41.9 Å². The van der Waals surface area contributed by atoms with Crippen molar-refractivity contribution in [3.05, 3.63) is 22.5 Å². The number of nitrogens with zero attached hydrogens (tertiary/aromatic N) is 2. The molecule has 0 atom stereocenters. The molecule has 0 unspecified atom stereocenters. The molecular formula is C14H22BClN4O2. The molecule has 6 nitrogen and oxygen atoms in total. The molecule has 0 aromatic carbocycles. The first-order chi connectivity index (χ1) is 10.2. The third-order valence-electron chi connectivity index (χ3n) is 4.06. The molecule has 1 aromatic heterocycles. The van der Waals surface area contributed by atoms with Crippen LogP contribution in [0, 0.1) is 0 Å². The van der Waals surface area contributed by atoms with Gasteiger partial charge in [-0.1, -0.05) is 11.6 Å². The number of nitrogens with two attached hydrogens (primary N) is 1. The Kier molecular flexibility index (Phi) is 4.82. The van der Waals surface area contributed by atoms with Gasteiger partial charge in [0.2, 0.25) is 0 Å². The minimum Gasteiger partial charge on any atom is -0.400 e. The van der Waals surface area contributed by atoms with Crippen molar-refractivity contribution in [1.29, 1.82) is 0 Å². The summed E-state index contributed by atoms with van der Waals surface area (Å²) in [4.78, 5) is 8.21. The number of hydrogen-bond acceptors (Lipinski definition) is 6. The molecule has 1 aliphatic heterocycles. The number of rotatable bonds is 4. The Bertz CT molecular complexity index is 576. The van der Waals surface area contributed by atoms with Gasteiger partial charge in [0.25, 0.3) is 0 Å². The summed E-state index contributed by atoms with van der Waals surface area (Å²) in [6.45, 7) is 8.64. The van der Waals surface area contributed by atoms with Crippen LogP contribution < -0.4 is 11.1 Å². The van der Waals surface area contributed by atoms with E-state index in [0.29, 0.717) is 12.2 Å². The summed E-state index contributed by atoms with van der Waals surface area (Å²) in [6.07, 6.45) is 3.29. The van der Waals surface area contributed by atoms with Crippen LogP contribution in [0.15, 0.2) is 11.7 Å². The van der Waals surface area contributed by atoms with Crippen molar-refractivity contribution in [2.45, 2.75) is 38.9 Å². The number of nitrogen functional groups attached to an aromatic ring is 1. The molecule has 0 bridgehead atoms. The largest absolute Gasteiger partial charge is 0.491 e. The molecule has 2 rings (SSSR count). The first-order valence-electron chi connectivity index (χ1n) is 7.15. The maximum absolute atomic E-state index is 6.07. The lowest BCUT2D eigenvalue weighted by Crippen LogP contribution is -2.41. The second kappa shape index (κ2) is 6.16. The van der Waals surface area contributed by atoms with Gasteiger partial charge < -0.3 is 20.4 Å². The topological polar surface area (TPSA) is 82.3 Å². The van der Waals surface area contributed by atoms with Crippen LogP contribution in [-0.2, 0) is 9.31 Å². The number of halogens is 1. The number of anilines is 1. The van der Waals surface area contributed by atoms with Crippen LogP contribution >= 0.6 is 11.6 Å². The average molecular weight is 325 g/mol. The highest BCUT2D eigenvalue weighted by Gasteiger charge is 2.52. The number of likely N-dealkylation sites (N-methyl/N-ethyl adjacent to an activating group) is 1. The van der Waals surface area contributed by atoms with Gasteiger partial charge in [0.1, 0.15) is 10.8 Å². The van der Waals surface area contributed by atoms with Crippen LogP contribution in [0.1, 0.15) is 33.4 Å². The van der Waals surface area contributed by atoms with E-state index < -0.39 is 18.3 Å². The molecule has 0 radical (unpaired) electrons. The van der Waals surface area contributed by atoms with Gasteiger partial charge in [0, 0.05) is 6.54 Å². The smallest absolute Gasteiger partial charge is 0.400 e. The molecule has 3 N–H and O–H groups in total. The van der Waals surface area contributed by atoms with Gasteiger partial charge in [-0.15, -0.1) is 0 Å².